The van der Waals surface area contributed by atoms with Crippen molar-refractivity contribution < 1.29 is 0 Å². The highest BCUT2D eigenvalue weighted by molar-refractivity contribution is 7.10. The molecule has 0 saturated carbocycles. The van der Waals surface area contributed by atoms with Crippen molar-refractivity contribution >= 4 is 17.2 Å². The van der Waals surface area contributed by atoms with Crippen molar-refractivity contribution in [1.82, 2.24) is 9.97 Å². The summed E-state index contributed by atoms with van der Waals surface area (Å²) in [6.07, 6.45) is 6.21. The Balaban J connectivity index is 1.76. The monoisotopic (exact) mass is 259 g/mol. The minimum Gasteiger partial charge on any atom is -0.365 e. The van der Waals surface area contributed by atoms with Crippen molar-refractivity contribution in [2.24, 2.45) is 0 Å². The van der Waals surface area contributed by atoms with Gasteiger partial charge in [-0.15, -0.1) is 11.3 Å². The fourth-order valence-electron chi connectivity index (χ4n) is 2.51. The standard InChI is InChI=1S/C14H17N3S/c1-2-10-6-7-18-13(10)8-15-14-11-4-3-5-12(11)16-9-17-14/h6-7,9H,2-5,8H2,1H3,(H,15,16,17). The fraction of sp³-hybridized carbons (Fsp3) is 0.429. The second kappa shape index (κ2) is 5.06. The van der Waals surface area contributed by atoms with Crippen LogP contribution in [0.25, 0.3) is 0 Å². The van der Waals surface area contributed by atoms with Gasteiger partial charge in [-0.2, -0.15) is 0 Å². The van der Waals surface area contributed by atoms with Crippen LogP contribution in [0.3, 0.4) is 0 Å². The number of hydrogen-bond donors (Lipinski definition) is 1. The van der Waals surface area contributed by atoms with E-state index in [0.717, 1.165) is 31.6 Å². The quantitative estimate of drug-likeness (QED) is 0.916. The summed E-state index contributed by atoms with van der Waals surface area (Å²) in [7, 11) is 0. The maximum absolute atomic E-state index is 4.39. The molecule has 0 atom stereocenters. The van der Waals surface area contributed by atoms with E-state index in [1.807, 2.05) is 11.3 Å². The van der Waals surface area contributed by atoms with E-state index in [4.69, 9.17) is 0 Å². The summed E-state index contributed by atoms with van der Waals surface area (Å²) in [6.45, 7) is 3.08. The number of rotatable bonds is 4. The number of nitrogens with zero attached hydrogens (tertiary/aromatic N) is 2. The smallest absolute Gasteiger partial charge is 0.133 e. The summed E-state index contributed by atoms with van der Waals surface area (Å²) >= 11 is 1.82. The molecular formula is C14H17N3S. The van der Waals surface area contributed by atoms with Gasteiger partial charge in [-0.25, -0.2) is 9.97 Å². The highest BCUT2D eigenvalue weighted by Crippen LogP contribution is 2.26. The summed E-state index contributed by atoms with van der Waals surface area (Å²) in [6, 6.07) is 2.21. The summed E-state index contributed by atoms with van der Waals surface area (Å²) in [5.41, 5.74) is 4.00. The molecular weight excluding hydrogens is 242 g/mol. The Morgan fingerprint density at radius 2 is 2.28 bits per heavy atom. The third-order valence-electron chi connectivity index (χ3n) is 3.51. The zero-order valence-corrected chi connectivity index (χ0v) is 11.4. The van der Waals surface area contributed by atoms with Gasteiger partial charge in [0.25, 0.3) is 0 Å². The van der Waals surface area contributed by atoms with Gasteiger partial charge in [0.15, 0.2) is 0 Å². The first-order valence-corrected chi connectivity index (χ1v) is 7.38. The molecule has 0 bridgehead atoms. The molecule has 4 heteroatoms. The molecule has 0 saturated heterocycles. The minimum absolute atomic E-state index is 0.879. The molecule has 94 valence electrons. The van der Waals surface area contributed by atoms with Crippen molar-refractivity contribution in [1.29, 1.82) is 0 Å². The van der Waals surface area contributed by atoms with Crippen LogP contribution in [0.5, 0.6) is 0 Å². The Hall–Kier alpha value is -1.42. The predicted molar refractivity (Wildman–Crippen MR) is 75.1 cm³/mol. The zero-order chi connectivity index (χ0) is 12.4. The molecule has 0 aromatic carbocycles. The first-order valence-electron chi connectivity index (χ1n) is 6.50. The van der Waals surface area contributed by atoms with Gasteiger partial charge in [0.1, 0.15) is 12.1 Å². The highest BCUT2D eigenvalue weighted by atomic mass is 32.1. The van der Waals surface area contributed by atoms with Crippen LogP contribution in [0.1, 0.15) is 35.0 Å². The Morgan fingerprint density at radius 3 is 3.17 bits per heavy atom. The highest BCUT2D eigenvalue weighted by Gasteiger charge is 2.16. The lowest BCUT2D eigenvalue weighted by molar-refractivity contribution is 0.899. The summed E-state index contributed by atoms with van der Waals surface area (Å²) in [5.74, 6) is 1.04. The Bertz CT molecular complexity index is 548. The van der Waals surface area contributed by atoms with Crippen LogP contribution >= 0.6 is 11.3 Å². The van der Waals surface area contributed by atoms with Crippen molar-refractivity contribution in [3.8, 4) is 0 Å². The Morgan fingerprint density at radius 1 is 1.33 bits per heavy atom. The van der Waals surface area contributed by atoms with E-state index >= 15 is 0 Å². The first-order chi connectivity index (χ1) is 8.88. The molecule has 3 rings (SSSR count). The van der Waals surface area contributed by atoms with Gasteiger partial charge in [-0.1, -0.05) is 6.92 Å². The van der Waals surface area contributed by atoms with Gasteiger partial charge in [-0.3, -0.25) is 0 Å². The fourth-order valence-corrected chi connectivity index (χ4v) is 3.43. The van der Waals surface area contributed by atoms with Crippen LogP contribution in [-0.2, 0) is 25.8 Å². The van der Waals surface area contributed by atoms with Gasteiger partial charge in [-0.05, 0) is 42.7 Å². The summed E-state index contributed by atoms with van der Waals surface area (Å²) in [5, 5.41) is 5.65. The number of hydrogen-bond acceptors (Lipinski definition) is 4. The van der Waals surface area contributed by atoms with Crippen LogP contribution in [-0.4, -0.2) is 9.97 Å². The summed E-state index contributed by atoms with van der Waals surface area (Å²) in [4.78, 5) is 10.2. The lowest BCUT2D eigenvalue weighted by atomic mass is 10.2. The van der Waals surface area contributed by atoms with E-state index in [2.05, 4.69) is 33.7 Å². The second-order valence-corrected chi connectivity index (χ2v) is 5.58. The van der Waals surface area contributed by atoms with Gasteiger partial charge >= 0.3 is 0 Å². The second-order valence-electron chi connectivity index (χ2n) is 4.58. The molecule has 2 heterocycles. The minimum atomic E-state index is 0.879. The Kier molecular flexibility index (Phi) is 3.28. The molecule has 2 aromatic rings. The normalized spacial score (nSPS) is 13.6. The molecule has 0 amide bonds. The van der Waals surface area contributed by atoms with E-state index in [-0.39, 0.29) is 0 Å². The maximum atomic E-state index is 4.39. The molecule has 0 unspecified atom stereocenters. The zero-order valence-electron chi connectivity index (χ0n) is 10.6. The first kappa shape index (κ1) is 11.7. The van der Waals surface area contributed by atoms with E-state index < -0.39 is 0 Å². The van der Waals surface area contributed by atoms with Crippen LogP contribution in [0, 0.1) is 0 Å². The van der Waals surface area contributed by atoms with E-state index in [1.54, 1.807) is 6.33 Å². The van der Waals surface area contributed by atoms with E-state index in [9.17, 15) is 0 Å². The van der Waals surface area contributed by atoms with Crippen LogP contribution in [0.4, 0.5) is 5.82 Å². The molecule has 0 radical (unpaired) electrons. The number of anilines is 1. The van der Waals surface area contributed by atoms with E-state index in [0.29, 0.717) is 0 Å². The average Bonchev–Trinajstić information content (AvgIpc) is 3.04. The van der Waals surface area contributed by atoms with Gasteiger partial charge in [0.2, 0.25) is 0 Å². The van der Waals surface area contributed by atoms with Crippen LogP contribution in [0.2, 0.25) is 0 Å². The molecule has 1 aliphatic rings. The largest absolute Gasteiger partial charge is 0.365 e. The van der Waals surface area contributed by atoms with Crippen LogP contribution in [0.15, 0.2) is 17.8 Å². The third-order valence-corrected chi connectivity index (χ3v) is 4.47. The third kappa shape index (κ3) is 2.12. The van der Waals surface area contributed by atoms with Gasteiger partial charge in [0.05, 0.1) is 6.54 Å². The predicted octanol–water partition coefficient (Wildman–Crippen LogP) is 3.20. The van der Waals surface area contributed by atoms with Crippen molar-refractivity contribution in [2.75, 3.05) is 5.32 Å². The van der Waals surface area contributed by atoms with E-state index in [1.165, 1.54) is 28.1 Å². The molecule has 3 nitrogen and oxygen atoms in total. The maximum Gasteiger partial charge on any atom is 0.133 e. The average molecular weight is 259 g/mol. The number of aryl methyl sites for hydroxylation is 2. The molecule has 1 N–H and O–H groups in total. The number of fused-ring (bicyclic) bond motifs is 1. The van der Waals surface area contributed by atoms with Gasteiger partial charge < -0.3 is 5.32 Å². The molecule has 0 aliphatic heterocycles. The van der Waals surface area contributed by atoms with Crippen molar-refractivity contribution in [2.45, 2.75) is 39.2 Å². The number of thiophene rings is 1. The molecule has 0 spiro atoms. The SMILES string of the molecule is CCc1ccsc1CNc1ncnc2c1CCC2. The number of aromatic nitrogens is 2. The van der Waals surface area contributed by atoms with Crippen molar-refractivity contribution in [3.63, 3.8) is 0 Å². The van der Waals surface area contributed by atoms with Crippen molar-refractivity contribution in [3.05, 3.63) is 39.5 Å². The molecule has 18 heavy (non-hydrogen) atoms. The topological polar surface area (TPSA) is 37.8 Å². The number of nitrogens with one attached hydrogen (secondary N) is 1. The molecule has 0 fully saturated rings. The lowest BCUT2D eigenvalue weighted by Gasteiger charge is -2.09. The summed E-state index contributed by atoms with van der Waals surface area (Å²) < 4.78 is 0. The molecule has 1 aliphatic carbocycles. The Labute approximate surface area is 111 Å². The van der Waals surface area contributed by atoms with Gasteiger partial charge in [0, 0.05) is 16.1 Å². The van der Waals surface area contributed by atoms with Crippen LogP contribution < -0.4 is 5.32 Å². The lowest BCUT2D eigenvalue weighted by Crippen LogP contribution is -2.05. The molecule has 2 aromatic heterocycles.